The number of carbonyl (C=O) groups excluding carboxylic acids is 3. The van der Waals surface area contributed by atoms with Crippen LogP contribution < -0.4 is 24.2 Å². The van der Waals surface area contributed by atoms with Gasteiger partial charge in [-0.2, -0.15) is 13.2 Å². The van der Waals surface area contributed by atoms with Gasteiger partial charge in [0.1, 0.15) is 28.9 Å². The molecule has 0 bridgehead atoms. The number of pyridine rings is 1. The van der Waals surface area contributed by atoms with Gasteiger partial charge in [0.2, 0.25) is 5.88 Å². The van der Waals surface area contributed by atoms with Gasteiger partial charge in [0.05, 0.1) is 29.7 Å². The highest BCUT2D eigenvalue weighted by Crippen LogP contribution is 2.35. The van der Waals surface area contributed by atoms with Crippen LogP contribution in [0.1, 0.15) is 53.0 Å². The quantitative estimate of drug-likeness (QED) is 0.0981. The number of amides is 2. The first-order valence-electron chi connectivity index (χ1n) is 16.6. The second kappa shape index (κ2) is 19.3. The maximum atomic E-state index is 12.6. The number of sulfonamides is 1. The lowest BCUT2D eigenvalue weighted by molar-refractivity contribution is -0.152. The molecule has 1 fully saturated rings. The lowest BCUT2D eigenvalue weighted by atomic mass is 10.2. The minimum absolute atomic E-state index is 0.108. The summed E-state index contributed by atoms with van der Waals surface area (Å²) < 4.78 is 90.8. The summed E-state index contributed by atoms with van der Waals surface area (Å²) in [7, 11) is -2.68. The largest absolute Gasteiger partial charge is 0.496 e. The molecule has 1 atom stereocenters. The van der Waals surface area contributed by atoms with Gasteiger partial charge in [0.15, 0.2) is 6.10 Å². The second-order valence-corrected chi connectivity index (χ2v) is 13.7. The molecule has 13 nitrogen and oxygen atoms in total. The van der Waals surface area contributed by atoms with Crippen molar-refractivity contribution in [2.45, 2.75) is 49.9 Å². The fourth-order valence-corrected chi connectivity index (χ4v) is 5.59. The lowest BCUT2D eigenvalue weighted by Gasteiger charge is -2.14. The van der Waals surface area contributed by atoms with Crippen LogP contribution in [-0.2, 0) is 30.5 Å². The highest BCUT2D eigenvalue weighted by atomic mass is 35.5. The number of esters is 1. The van der Waals surface area contributed by atoms with Crippen molar-refractivity contribution in [1.82, 2.24) is 15.0 Å². The number of nitrogens with one attached hydrogen (secondary N) is 2. The number of halogens is 4. The Bertz CT molecular complexity index is 2050. The van der Waals surface area contributed by atoms with E-state index in [4.69, 9.17) is 35.3 Å². The Balaban J connectivity index is 0.000000246. The predicted octanol–water partition coefficient (Wildman–Crippen LogP) is 6.60. The van der Waals surface area contributed by atoms with Crippen LogP contribution in [0.25, 0.3) is 0 Å². The van der Waals surface area contributed by atoms with E-state index in [1.807, 2.05) is 11.6 Å². The molecule has 2 amide bonds. The Morgan fingerprint density at radius 2 is 1.60 bits per heavy atom. The van der Waals surface area contributed by atoms with Gasteiger partial charge < -0.3 is 29.0 Å². The summed E-state index contributed by atoms with van der Waals surface area (Å²) in [4.78, 5) is 39.5. The summed E-state index contributed by atoms with van der Waals surface area (Å²) in [6.07, 6.45) is -2.82. The molecule has 294 valence electrons. The van der Waals surface area contributed by atoms with E-state index < -0.39 is 39.7 Å². The van der Waals surface area contributed by atoms with E-state index in [-0.39, 0.29) is 51.4 Å². The van der Waals surface area contributed by atoms with Gasteiger partial charge in [0.25, 0.3) is 21.8 Å². The van der Waals surface area contributed by atoms with Crippen molar-refractivity contribution in [3.05, 3.63) is 107 Å². The zero-order chi connectivity index (χ0) is 40.2. The molecule has 1 aliphatic carbocycles. The van der Waals surface area contributed by atoms with Gasteiger partial charge in [-0.1, -0.05) is 23.7 Å². The number of rotatable bonds is 15. The maximum absolute atomic E-state index is 12.6. The Morgan fingerprint density at radius 1 is 0.945 bits per heavy atom. The third-order valence-electron chi connectivity index (χ3n) is 7.41. The van der Waals surface area contributed by atoms with E-state index in [0.717, 1.165) is 18.9 Å². The van der Waals surface area contributed by atoms with Gasteiger partial charge >= 0.3 is 12.1 Å². The van der Waals surface area contributed by atoms with Gasteiger partial charge in [0, 0.05) is 24.4 Å². The molecule has 3 aromatic carbocycles. The van der Waals surface area contributed by atoms with Crippen LogP contribution in [0.4, 0.5) is 13.2 Å². The van der Waals surface area contributed by atoms with E-state index >= 15 is 0 Å². The summed E-state index contributed by atoms with van der Waals surface area (Å²) in [6, 6.07) is 18.7. The molecule has 0 saturated heterocycles. The maximum Gasteiger partial charge on any atom is 0.417 e. The fraction of sp³-hybridized carbons (Fsp3) is 0.297. The zero-order valence-electron chi connectivity index (χ0n) is 29.7. The van der Waals surface area contributed by atoms with Gasteiger partial charge in [-0.15, -0.1) is 0 Å². The third-order valence-corrected chi connectivity index (χ3v) is 9.03. The van der Waals surface area contributed by atoms with Crippen molar-refractivity contribution in [3.63, 3.8) is 0 Å². The number of nitrogens with zero attached hydrogens (tertiary/aromatic N) is 1. The minimum atomic E-state index is -4.55. The molecule has 1 aromatic heterocycles. The predicted molar refractivity (Wildman–Crippen MR) is 193 cm³/mol. The number of para-hydroxylation sites is 1. The Morgan fingerprint density at radius 3 is 2.20 bits per heavy atom. The van der Waals surface area contributed by atoms with Crippen LogP contribution in [0.3, 0.4) is 0 Å². The van der Waals surface area contributed by atoms with Crippen LogP contribution in [-0.4, -0.2) is 70.3 Å². The van der Waals surface area contributed by atoms with Crippen molar-refractivity contribution in [3.8, 4) is 23.1 Å². The van der Waals surface area contributed by atoms with Gasteiger partial charge in [-0.3, -0.25) is 9.59 Å². The number of alkyl halides is 3. The van der Waals surface area contributed by atoms with E-state index in [1.165, 1.54) is 61.7 Å². The number of aromatic nitrogens is 1. The van der Waals surface area contributed by atoms with Crippen LogP contribution >= 0.6 is 11.6 Å². The van der Waals surface area contributed by atoms with E-state index in [0.29, 0.717) is 30.7 Å². The highest BCUT2D eigenvalue weighted by molar-refractivity contribution is 7.90. The molecule has 1 saturated carbocycles. The highest BCUT2D eigenvalue weighted by Gasteiger charge is 2.32. The number of benzene rings is 3. The van der Waals surface area contributed by atoms with Crippen LogP contribution in [0, 0.1) is 0 Å². The van der Waals surface area contributed by atoms with E-state index in [2.05, 4.69) is 10.3 Å². The molecule has 2 N–H and O–H groups in total. The molecule has 1 heterocycles. The minimum Gasteiger partial charge on any atom is -0.496 e. The average Bonchev–Trinajstić information content (AvgIpc) is 3.98. The summed E-state index contributed by atoms with van der Waals surface area (Å²) in [5.41, 5.74) is -0.494. The number of hydrogen-bond acceptors (Lipinski definition) is 11. The molecule has 4 aromatic rings. The average molecular weight is 808 g/mol. The van der Waals surface area contributed by atoms with Crippen molar-refractivity contribution in [2.75, 3.05) is 26.9 Å². The molecule has 55 heavy (non-hydrogen) atoms. The third kappa shape index (κ3) is 12.9. The van der Waals surface area contributed by atoms with Crippen molar-refractivity contribution >= 4 is 39.4 Å². The van der Waals surface area contributed by atoms with Crippen molar-refractivity contribution in [1.29, 1.82) is 0 Å². The first kappa shape index (κ1) is 42.4. The number of methoxy groups -OCH3 is 1. The fourth-order valence-electron chi connectivity index (χ4n) is 4.42. The summed E-state index contributed by atoms with van der Waals surface area (Å²) in [6.45, 7) is 4.35. The summed E-state index contributed by atoms with van der Waals surface area (Å²) >= 11 is 5.81. The monoisotopic (exact) mass is 807 g/mol. The van der Waals surface area contributed by atoms with Crippen molar-refractivity contribution < 1.29 is 59.7 Å². The summed E-state index contributed by atoms with van der Waals surface area (Å²) in [5.74, 6) is -0.818. The van der Waals surface area contributed by atoms with Gasteiger partial charge in [-0.25, -0.2) is 22.9 Å². The Labute approximate surface area is 320 Å². The van der Waals surface area contributed by atoms with Gasteiger partial charge in [-0.05, 0) is 93.4 Å². The van der Waals surface area contributed by atoms with Crippen LogP contribution in [0.15, 0.2) is 90.0 Å². The molecule has 0 radical (unpaired) electrons. The molecule has 0 spiro atoms. The molecule has 5 rings (SSSR count). The smallest absolute Gasteiger partial charge is 0.417 e. The number of carbonyl (C=O) groups is 3. The number of ether oxygens (including phenoxy) is 5. The van der Waals surface area contributed by atoms with Crippen molar-refractivity contribution in [2.24, 2.45) is 0 Å². The number of hydrogen-bond donors (Lipinski definition) is 2. The van der Waals surface area contributed by atoms with E-state index in [9.17, 15) is 36.0 Å². The Kier molecular flexibility index (Phi) is 14.8. The SMILES string of the molecule is CCOCCOC(=O)C(C)Oc1ccc(Oc2ncc(C(F)(F)F)cc2Cl)cc1.COc1ccccc1C(=O)NS(=O)(=O)c1ccc(C(=O)NC2CC2)cc1. The van der Waals surface area contributed by atoms with E-state index in [1.54, 1.807) is 25.1 Å². The lowest BCUT2D eigenvalue weighted by Crippen LogP contribution is -2.31. The summed E-state index contributed by atoms with van der Waals surface area (Å²) in [5, 5.41) is 2.55. The first-order valence-corrected chi connectivity index (χ1v) is 18.5. The zero-order valence-corrected chi connectivity index (χ0v) is 31.3. The first-order chi connectivity index (χ1) is 26.1. The normalized spacial score (nSPS) is 13.0. The topological polar surface area (TPSA) is 168 Å². The molecule has 18 heteroatoms. The molecular formula is C37H37ClF3N3O10S. The molecule has 1 aliphatic rings. The molecule has 1 unspecified atom stereocenters. The second-order valence-electron chi connectivity index (χ2n) is 11.6. The molecular weight excluding hydrogens is 771 g/mol. The van der Waals surface area contributed by atoms with Crippen LogP contribution in [0.5, 0.6) is 23.1 Å². The van der Waals surface area contributed by atoms with Crippen LogP contribution in [0.2, 0.25) is 5.02 Å². The standard InChI is InChI=1S/C19H19ClF3NO5.C18H18N2O5S/c1-3-26-8-9-27-18(25)12(2)28-14-4-6-15(7-5-14)29-17-16(20)10-13(11-24-17)19(21,22)23;1-25-16-5-3-2-4-15(16)18(22)20-26(23,24)14-10-6-12(7-11-14)17(21)19-13-8-9-13/h4-7,10-12H,3,8-9H2,1-2H3;2-7,10-11,13H,8-9H2,1H3,(H,19,21)(H,20,22). The molecule has 0 aliphatic heterocycles. The Hall–Kier alpha value is -5.39.